The van der Waals surface area contributed by atoms with Crippen LogP contribution in [0.25, 0.3) is 0 Å². The molecule has 2 saturated heterocycles. The third-order valence-corrected chi connectivity index (χ3v) is 9.01. The fraction of sp³-hybridized carbons (Fsp3) is 0.462. The number of rotatable bonds is 8. The Morgan fingerprint density at radius 2 is 1.53 bits per heavy atom. The predicted molar refractivity (Wildman–Crippen MR) is 142 cm³/mol. The van der Waals surface area contributed by atoms with Gasteiger partial charge in [-0.05, 0) is 24.6 Å². The maximum atomic E-state index is 13.6. The van der Waals surface area contributed by atoms with Crippen molar-refractivity contribution in [2.45, 2.75) is 24.9 Å². The molecule has 0 aromatic heterocycles. The van der Waals surface area contributed by atoms with Crippen LogP contribution in [0.3, 0.4) is 0 Å². The number of amides is 3. The second-order valence-electron chi connectivity index (χ2n) is 8.97. The average Bonchev–Trinajstić information content (AvgIpc) is 3.40. The summed E-state index contributed by atoms with van der Waals surface area (Å²) < 4.78 is 0. The van der Waals surface area contributed by atoms with Gasteiger partial charge in [-0.3, -0.25) is 4.79 Å². The summed E-state index contributed by atoms with van der Waals surface area (Å²) in [5.74, 6) is 1.86. The highest BCUT2D eigenvalue weighted by Crippen LogP contribution is 2.33. The lowest BCUT2D eigenvalue weighted by molar-refractivity contribution is -0.134. The molecule has 0 saturated carbocycles. The summed E-state index contributed by atoms with van der Waals surface area (Å²) >= 11 is 0. The summed E-state index contributed by atoms with van der Waals surface area (Å²) in [6.45, 7) is 3.76. The van der Waals surface area contributed by atoms with Gasteiger partial charge >= 0.3 is 6.03 Å². The first-order valence-corrected chi connectivity index (χ1v) is 14.5. The van der Waals surface area contributed by atoms with Crippen molar-refractivity contribution in [3.63, 3.8) is 0 Å². The van der Waals surface area contributed by atoms with Crippen LogP contribution in [0.5, 0.6) is 0 Å². The molecule has 2 aromatic carbocycles. The van der Waals surface area contributed by atoms with Crippen LogP contribution in [-0.2, 0) is 17.6 Å². The van der Waals surface area contributed by atoms with E-state index in [9.17, 15) is 9.59 Å². The quantitative estimate of drug-likeness (QED) is 0.566. The minimum absolute atomic E-state index is 0.0171. The van der Waals surface area contributed by atoms with Gasteiger partial charge < -0.3 is 20.0 Å². The number of carbonyl (C=O) groups excluding carboxylic acids is 2. The van der Waals surface area contributed by atoms with Crippen LogP contribution in [0.1, 0.15) is 11.1 Å². The van der Waals surface area contributed by atoms with E-state index in [1.807, 2.05) is 79.9 Å². The Morgan fingerprint density at radius 1 is 0.941 bits per heavy atom. The topological polar surface area (TPSA) is 55.9 Å². The number of hydrogen-bond acceptors (Lipinski definition) is 5. The molecule has 34 heavy (non-hydrogen) atoms. The average molecular weight is 499 g/mol. The van der Waals surface area contributed by atoms with Crippen molar-refractivity contribution in [3.05, 3.63) is 71.8 Å². The molecule has 8 heteroatoms. The van der Waals surface area contributed by atoms with Crippen molar-refractivity contribution in [3.8, 4) is 0 Å². The van der Waals surface area contributed by atoms with E-state index in [1.165, 1.54) is 5.56 Å². The Kier molecular flexibility index (Phi) is 9.18. The molecule has 0 radical (unpaired) electrons. The number of piperazine rings is 1. The van der Waals surface area contributed by atoms with Gasteiger partial charge in [-0.15, -0.1) is 0 Å². The molecule has 2 fully saturated rings. The SMILES string of the molecule is CN1CCN(C(=O)C(Cc2ccccc2)NC(=O)N(CCc2ccccc2)C2CSSC2)CC1. The molecule has 1 atom stereocenters. The van der Waals surface area contributed by atoms with E-state index in [2.05, 4.69) is 29.4 Å². The van der Waals surface area contributed by atoms with E-state index < -0.39 is 6.04 Å². The summed E-state index contributed by atoms with van der Waals surface area (Å²) in [5, 5.41) is 3.15. The number of nitrogens with one attached hydrogen (secondary N) is 1. The summed E-state index contributed by atoms with van der Waals surface area (Å²) in [4.78, 5) is 33.2. The van der Waals surface area contributed by atoms with E-state index in [-0.39, 0.29) is 18.0 Å². The maximum absolute atomic E-state index is 13.6. The Balaban J connectivity index is 1.48. The highest BCUT2D eigenvalue weighted by Gasteiger charge is 2.32. The van der Waals surface area contributed by atoms with Gasteiger partial charge in [-0.1, -0.05) is 82.3 Å². The van der Waals surface area contributed by atoms with Crippen LogP contribution in [0.15, 0.2) is 60.7 Å². The Bertz CT molecular complexity index is 917. The van der Waals surface area contributed by atoms with Crippen molar-refractivity contribution < 1.29 is 9.59 Å². The van der Waals surface area contributed by atoms with E-state index in [0.717, 1.165) is 36.6 Å². The number of urea groups is 1. The van der Waals surface area contributed by atoms with Gasteiger partial charge in [0.1, 0.15) is 6.04 Å². The monoisotopic (exact) mass is 498 g/mol. The van der Waals surface area contributed by atoms with Crippen LogP contribution in [0, 0.1) is 0 Å². The zero-order chi connectivity index (χ0) is 23.8. The van der Waals surface area contributed by atoms with Gasteiger partial charge in [-0.2, -0.15) is 0 Å². The maximum Gasteiger partial charge on any atom is 0.318 e. The number of carbonyl (C=O) groups is 2. The minimum Gasteiger partial charge on any atom is -0.338 e. The van der Waals surface area contributed by atoms with Crippen LogP contribution in [-0.4, -0.2) is 90.0 Å². The van der Waals surface area contributed by atoms with Gasteiger partial charge in [-0.25, -0.2) is 4.79 Å². The molecule has 6 nitrogen and oxygen atoms in total. The molecule has 0 aliphatic carbocycles. The van der Waals surface area contributed by atoms with Crippen LogP contribution in [0.4, 0.5) is 4.79 Å². The van der Waals surface area contributed by atoms with Crippen molar-refractivity contribution in [1.29, 1.82) is 0 Å². The molecule has 4 rings (SSSR count). The van der Waals surface area contributed by atoms with Crippen LogP contribution < -0.4 is 5.32 Å². The second kappa shape index (κ2) is 12.5. The van der Waals surface area contributed by atoms with E-state index in [1.54, 1.807) is 0 Å². The minimum atomic E-state index is -0.570. The largest absolute Gasteiger partial charge is 0.338 e. The summed E-state index contributed by atoms with van der Waals surface area (Å²) in [6.07, 6.45) is 1.30. The van der Waals surface area contributed by atoms with Gasteiger partial charge in [0.15, 0.2) is 0 Å². The lowest BCUT2D eigenvalue weighted by Gasteiger charge is -2.36. The number of benzene rings is 2. The van der Waals surface area contributed by atoms with E-state index in [0.29, 0.717) is 26.1 Å². The van der Waals surface area contributed by atoms with Crippen LogP contribution in [0.2, 0.25) is 0 Å². The van der Waals surface area contributed by atoms with Crippen LogP contribution >= 0.6 is 21.6 Å². The molecular formula is C26H34N4O2S2. The third kappa shape index (κ3) is 6.93. The Hall–Kier alpha value is -2.16. The van der Waals surface area contributed by atoms with Gasteiger partial charge in [0.2, 0.25) is 5.91 Å². The lowest BCUT2D eigenvalue weighted by atomic mass is 10.0. The van der Waals surface area contributed by atoms with Gasteiger partial charge in [0, 0.05) is 50.7 Å². The lowest BCUT2D eigenvalue weighted by Crippen LogP contribution is -2.58. The summed E-state index contributed by atoms with van der Waals surface area (Å²) in [5.41, 5.74) is 2.27. The molecule has 3 amide bonds. The predicted octanol–water partition coefficient (Wildman–Crippen LogP) is 3.39. The highest BCUT2D eigenvalue weighted by atomic mass is 33.1. The second-order valence-corrected chi connectivity index (χ2v) is 11.5. The van der Waals surface area contributed by atoms with Crippen molar-refractivity contribution in [1.82, 2.24) is 20.0 Å². The van der Waals surface area contributed by atoms with Crippen molar-refractivity contribution in [2.24, 2.45) is 0 Å². The summed E-state index contributed by atoms with van der Waals surface area (Å²) in [7, 11) is 5.71. The first-order valence-electron chi connectivity index (χ1n) is 12.0. The van der Waals surface area contributed by atoms with E-state index in [4.69, 9.17) is 0 Å². The van der Waals surface area contributed by atoms with Crippen molar-refractivity contribution >= 4 is 33.5 Å². The zero-order valence-corrected chi connectivity index (χ0v) is 21.4. The van der Waals surface area contributed by atoms with Gasteiger partial charge in [0.05, 0.1) is 6.04 Å². The number of nitrogens with zero attached hydrogens (tertiary/aromatic N) is 3. The molecule has 182 valence electrons. The molecular weight excluding hydrogens is 464 g/mol. The zero-order valence-electron chi connectivity index (χ0n) is 19.8. The van der Waals surface area contributed by atoms with Gasteiger partial charge in [0.25, 0.3) is 0 Å². The van der Waals surface area contributed by atoms with Crippen molar-refractivity contribution in [2.75, 3.05) is 51.3 Å². The molecule has 2 aliphatic heterocycles. The fourth-order valence-corrected chi connectivity index (χ4v) is 7.13. The first kappa shape index (κ1) is 24.9. The molecule has 0 bridgehead atoms. The molecule has 1 N–H and O–H groups in total. The number of likely N-dealkylation sites (N-methyl/N-ethyl adjacent to an activating group) is 1. The first-order chi connectivity index (χ1) is 16.6. The molecule has 2 aliphatic rings. The molecule has 2 heterocycles. The molecule has 1 unspecified atom stereocenters. The standard InChI is InChI=1S/C26H34N4O2S2/c1-28-14-16-29(17-15-28)25(31)24(18-22-10-6-3-7-11-22)27-26(32)30(23-19-33-34-20-23)13-12-21-8-4-2-5-9-21/h2-11,23-24H,12-20H2,1H3,(H,27,32). The number of hydrogen-bond donors (Lipinski definition) is 1. The Labute approximate surface area is 210 Å². The summed E-state index contributed by atoms with van der Waals surface area (Å²) in [6, 6.07) is 19.7. The smallest absolute Gasteiger partial charge is 0.318 e. The molecule has 0 spiro atoms. The Morgan fingerprint density at radius 3 is 2.15 bits per heavy atom. The van der Waals surface area contributed by atoms with E-state index >= 15 is 0 Å². The highest BCUT2D eigenvalue weighted by molar-refractivity contribution is 8.77. The molecule has 2 aromatic rings. The normalized spacial score (nSPS) is 18.0. The third-order valence-electron chi connectivity index (χ3n) is 6.48. The fourth-order valence-electron chi connectivity index (χ4n) is 4.35.